The summed E-state index contributed by atoms with van der Waals surface area (Å²) in [7, 11) is 1.59. The molecule has 1 atom stereocenters. The van der Waals surface area contributed by atoms with Gasteiger partial charge in [0, 0.05) is 6.04 Å². The summed E-state index contributed by atoms with van der Waals surface area (Å²) < 4.78 is 5.09. The first-order valence-electron chi connectivity index (χ1n) is 6.12. The van der Waals surface area contributed by atoms with Crippen LogP contribution in [0.5, 0.6) is 5.75 Å². The Balaban J connectivity index is 3.19. The summed E-state index contributed by atoms with van der Waals surface area (Å²) in [5, 5.41) is 12.7. The Morgan fingerprint density at radius 1 is 1.39 bits per heavy atom. The lowest BCUT2D eigenvalue weighted by atomic mass is 9.86. The molecule has 1 unspecified atom stereocenters. The molecule has 0 aliphatic heterocycles. The monoisotopic (exact) mass is 251 g/mol. The number of ether oxygens (including phenoxy) is 1. The summed E-state index contributed by atoms with van der Waals surface area (Å²) in [6.45, 7) is 5.75. The molecule has 1 aromatic rings. The number of hydrogen-bond acceptors (Lipinski definition) is 3. The van der Waals surface area contributed by atoms with Crippen LogP contribution in [0.2, 0.25) is 0 Å². The van der Waals surface area contributed by atoms with Gasteiger partial charge in [0.15, 0.2) is 0 Å². The highest BCUT2D eigenvalue weighted by atomic mass is 16.5. The highest BCUT2D eigenvalue weighted by Gasteiger charge is 2.38. The maximum atomic E-state index is 11.6. The van der Waals surface area contributed by atoms with Gasteiger partial charge in [-0.2, -0.15) is 0 Å². The largest absolute Gasteiger partial charge is 0.497 e. The van der Waals surface area contributed by atoms with Crippen LogP contribution >= 0.6 is 0 Å². The number of benzene rings is 1. The summed E-state index contributed by atoms with van der Waals surface area (Å²) in [5.74, 6) is -0.137. The predicted octanol–water partition coefficient (Wildman–Crippen LogP) is 2.38. The molecule has 4 nitrogen and oxygen atoms in total. The van der Waals surface area contributed by atoms with E-state index in [0.717, 1.165) is 11.3 Å². The number of aliphatic carboxylic acids is 1. The highest BCUT2D eigenvalue weighted by Crippen LogP contribution is 2.28. The molecule has 0 aliphatic rings. The fraction of sp³-hybridized carbons (Fsp3) is 0.500. The van der Waals surface area contributed by atoms with E-state index in [9.17, 15) is 9.90 Å². The van der Waals surface area contributed by atoms with Gasteiger partial charge in [0.05, 0.1) is 7.11 Å². The fourth-order valence-corrected chi connectivity index (χ4v) is 2.09. The van der Waals surface area contributed by atoms with Crippen molar-refractivity contribution in [1.82, 2.24) is 5.32 Å². The van der Waals surface area contributed by atoms with Crippen molar-refractivity contribution in [2.45, 2.75) is 38.8 Å². The molecule has 0 heterocycles. The van der Waals surface area contributed by atoms with E-state index in [1.807, 2.05) is 20.8 Å². The molecule has 0 saturated carbocycles. The van der Waals surface area contributed by atoms with Crippen molar-refractivity contribution in [2.75, 3.05) is 7.11 Å². The molecular weight excluding hydrogens is 230 g/mol. The lowest BCUT2D eigenvalue weighted by molar-refractivity contribution is -0.146. The third-order valence-electron chi connectivity index (χ3n) is 3.01. The highest BCUT2D eigenvalue weighted by molar-refractivity contribution is 5.80. The van der Waals surface area contributed by atoms with Crippen molar-refractivity contribution in [3.8, 4) is 5.75 Å². The van der Waals surface area contributed by atoms with E-state index >= 15 is 0 Å². The van der Waals surface area contributed by atoms with Crippen LogP contribution in [0.1, 0.15) is 32.8 Å². The Bertz CT molecular complexity index is 400. The Hall–Kier alpha value is -1.55. The van der Waals surface area contributed by atoms with Crippen molar-refractivity contribution in [2.24, 2.45) is 0 Å². The number of rotatable bonds is 6. The number of hydrogen-bond donors (Lipinski definition) is 2. The van der Waals surface area contributed by atoms with Crippen LogP contribution in [0.15, 0.2) is 24.3 Å². The molecule has 0 bridgehead atoms. The van der Waals surface area contributed by atoms with Crippen LogP contribution in [-0.4, -0.2) is 24.2 Å². The predicted molar refractivity (Wildman–Crippen MR) is 70.9 cm³/mol. The second-order valence-electron chi connectivity index (χ2n) is 4.59. The van der Waals surface area contributed by atoms with E-state index in [1.165, 1.54) is 0 Å². The molecule has 100 valence electrons. The lowest BCUT2D eigenvalue weighted by Crippen LogP contribution is -2.51. The van der Waals surface area contributed by atoms with Gasteiger partial charge in [0.25, 0.3) is 0 Å². The summed E-state index contributed by atoms with van der Waals surface area (Å²) >= 11 is 0. The van der Waals surface area contributed by atoms with E-state index in [0.29, 0.717) is 6.42 Å². The number of carboxylic acids is 1. The summed E-state index contributed by atoms with van der Waals surface area (Å²) in [6.07, 6.45) is 0.479. The zero-order valence-corrected chi connectivity index (χ0v) is 11.4. The minimum Gasteiger partial charge on any atom is -0.497 e. The molecule has 0 spiro atoms. The molecule has 0 radical (unpaired) electrons. The van der Waals surface area contributed by atoms with Crippen molar-refractivity contribution in [3.63, 3.8) is 0 Å². The topological polar surface area (TPSA) is 58.6 Å². The second kappa shape index (κ2) is 5.87. The van der Waals surface area contributed by atoms with Crippen LogP contribution in [0, 0.1) is 0 Å². The van der Waals surface area contributed by atoms with Crippen molar-refractivity contribution in [3.05, 3.63) is 29.8 Å². The Morgan fingerprint density at radius 2 is 1.94 bits per heavy atom. The van der Waals surface area contributed by atoms with E-state index in [4.69, 9.17) is 4.74 Å². The van der Waals surface area contributed by atoms with Crippen LogP contribution < -0.4 is 10.1 Å². The molecule has 0 aromatic heterocycles. The van der Waals surface area contributed by atoms with Crippen molar-refractivity contribution in [1.29, 1.82) is 0 Å². The molecule has 0 fully saturated rings. The standard InChI is InChI=1S/C14H21NO3/c1-5-14(13(16)17,15-10(2)3)11-6-8-12(18-4)9-7-11/h6-10,15H,5H2,1-4H3,(H,16,17). The summed E-state index contributed by atoms with van der Waals surface area (Å²) in [6, 6.07) is 7.25. The van der Waals surface area contributed by atoms with Gasteiger partial charge in [-0.05, 0) is 38.0 Å². The van der Waals surface area contributed by atoms with Crippen molar-refractivity contribution < 1.29 is 14.6 Å². The number of nitrogens with one attached hydrogen (secondary N) is 1. The molecule has 2 N–H and O–H groups in total. The van der Waals surface area contributed by atoms with Crippen LogP contribution in [0.4, 0.5) is 0 Å². The quantitative estimate of drug-likeness (QED) is 0.815. The smallest absolute Gasteiger partial charge is 0.328 e. The van der Waals surface area contributed by atoms with Gasteiger partial charge in [-0.1, -0.05) is 19.1 Å². The first-order chi connectivity index (χ1) is 8.46. The van der Waals surface area contributed by atoms with E-state index in [-0.39, 0.29) is 6.04 Å². The van der Waals surface area contributed by atoms with E-state index < -0.39 is 11.5 Å². The maximum absolute atomic E-state index is 11.6. The number of methoxy groups -OCH3 is 1. The minimum atomic E-state index is -1.04. The first-order valence-corrected chi connectivity index (χ1v) is 6.12. The normalized spacial score (nSPS) is 14.3. The van der Waals surface area contributed by atoms with Gasteiger partial charge in [-0.3, -0.25) is 5.32 Å². The SMILES string of the molecule is CCC(NC(C)C)(C(=O)O)c1ccc(OC)cc1. The average Bonchev–Trinajstić information content (AvgIpc) is 2.35. The van der Waals surface area contributed by atoms with Gasteiger partial charge < -0.3 is 9.84 Å². The fourth-order valence-electron chi connectivity index (χ4n) is 2.09. The molecule has 0 amide bonds. The molecule has 0 aliphatic carbocycles. The summed E-state index contributed by atoms with van der Waals surface area (Å²) in [4.78, 5) is 11.6. The third-order valence-corrected chi connectivity index (χ3v) is 3.01. The molecule has 0 saturated heterocycles. The zero-order valence-electron chi connectivity index (χ0n) is 11.4. The molecule has 4 heteroatoms. The number of carboxylic acid groups (broad SMARTS) is 1. The van der Waals surface area contributed by atoms with Crippen LogP contribution in [0.25, 0.3) is 0 Å². The average molecular weight is 251 g/mol. The summed E-state index contributed by atoms with van der Waals surface area (Å²) in [5.41, 5.74) is -0.299. The Kier molecular flexibility index (Phi) is 4.73. The third kappa shape index (κ3) is 2.82. The molecule has 1 rings (SSSR count). The second-order valence-corrected chi connectivity index (χ2v) is 4.59. The Morgan fingerprint density at radius 3 is 2.28 bits per heavy atom. The van der Waals surface area contributed by atoms with Gasteiger partial charge in [-0.15, -0.1) is 0 Å². The minimum absolute atomic E-state index is 0.0863. The molecule has 18 heavy (non-hydrogen) atoms. The van der Waals surface area contributed by atoms with Crippen molar-refractivity contribution >= 4 is 5.97 Å². The molecular formula is C14H21NO3. The zero-order chi connectivity index (χ0) is 13.8. The van der Waals surface area contributed by atoms with Gasteiger partial charge >= 0.3 is 5.97 Å². The van der Waals surface area contributed by atoms with Crippen LogP contribution in [-0.2, 0) is 10.3 Å². The number of carbonyl (C=O) groups is 1. The van der Waals surface area contributed by atoms with Crippen LogP contribution in [0.3, 0.4) is 0 Å². The van der Waals surface area contributed by atoms with Gasteiger partial charge in [0.2, 0.25) is 0 Å². The molecule has 1 aromatic carbocycles. The Labute approximate surface area is 108 Å². The lowest BCUT2D eigenvalue weighted by Gasteiger charge is -2.32. The van der Waals surface area contributed by atoms with E-state index in [1.54, 1.807) is 31.4 Å². The van der Waals surface area contributed by atoms with E-state index in [2.05, 4.69) is 5.32 Å². The van der Waals surface area contributed by atoms with Gasteiger partial charge in [-0.25, -0.2) is 4.79 Å². The first kappa shape index (κ1) is 14.5. The van der Waals surface area contributed by atoms with Gasteiger partial charge in [0.1, 0.15) is 11.3 Å². The maximum Gasteiger partial charge on any atom is 0.328 e.